The molecule has 4 rings (SSSR count). The second-order valence-electron chi connectivity index (χ2n) is 7.93. The number of alkyl halides is 3. The molecule has 0 unspecified atom stereocenters. The number of aryl methyl sites for hydroxylation is 1. The van der Waals surface area contributed by atoms with E-state index in [0.29, 0.717) is 17.0 Å². The van der Waals surface area contributed by atoms with Crippen LogP contribution in [0, 0.1) is 6.92 Å². The lowest BCUT2D eigenvalue weighted by molar-refractivity contribution is -0.274. The van der Waals surface area contributed by atoms with Crippen LogP contribution in [0.1, 0.15) is 17.8 Å². The summed E-state index contributed by atoms with van der Waals surface area (Å²) in [6.07, 6.45) is -5.06. The number of ether oxygens (including phenoxy) is 2. The van der Waals surface area contributed by atoms with Crippen LogP contribution in [0.4, 0.5) is 13.2 Å². The fourth-order valence-corrected chi connectivity index (χ4v) is 4.63. The summed E-state index contributed by atoms with van der Waals surface area (Å²) in [4.78, 5) is 19.9. The van der Waals surface area contributed by atoms with Crippen molar-refractivity contribution in [3.63, 3.8) is 0 Å². The zero-order valence-electron chi connectivity index (χ0n) is 20.0. The van der Waals surface area contributed by atoms with E-state index in [9.17, 15) is 26.4 Å². The molecular formula is C23H20F3N5O6S. The monoisotopic (exact) mass is 551 g/mol. The third-order valence-corrected chi connectivity index (χ3v) is 6.93. The molecule has 11 nitrogen and oxygen atoms in total. The zero-order valence-corrected chi connectivity index (χ0v) is 20.8. The van der Waals surface area contributed by atoms with Crippen molar-refractivity contribution in [2.24, 2.45) is 0 Å². The number of benzene rings is 2. The van der Waals surface area contributed by atoms with Gasteiger partial charge in [-0.1, -0.05) is 17.3 Å². The van der Waals surface area contributed by atoms with E-state index in [0.717, 1.165) is 12.1 Å². The predicted octanol–water partition coefficient (Wildman–Crippen LogP) is 3.59. The maximum atomic E-state index is 12.6. The van der Waals surface area contributed by atoms with Crippen LogP contribution in [0.3, 0.4) is 0 Å². The molecule has 38 heavy (non-hydrogen) atoms. The normalized spacial score (nSPS) is 11.9. The Bertz CT molecular complexity index is 1550. The van der Waals surface area contributed by atoms with Gasteiger partial charge in [0.1, 0.15) is 11.6 Å². The van der Waals surface area contributed by atoms with Crippen LogP contribution in [-0.4, -0.2) is 58.5 Å². The smallest absolute Gasteiger partial charge is 0.469 e. The van der Waals surface area contributed by atoms with Gasteiger partial charge in [-0.3, -0.25) is 4.79 Å². The average molecular weight is 552 g/mol. The minimum absolute atomic E-state index is 0.0170. The van der Waals surface area contributed by atoms with E-state index >= 15 is 0 Å². The number of sulfone groups is 1. The first-order valence-electron chi connectivity index (χ1n) is 10.9. The number of carbonyl (C=O) groups excluding carboxylic acids is 1. The molecule has 0 N–H and O–H groups in total. The fourth-order valence-electron chi connectivity index (χ4n) is 3.35. The van der Waals surface area contributed by atoms with Gasteiger partial charge in [0.05, 0.1) is 30.7 Å². The SMILES string of the molecule is COC(=O)CCS(=O)(=O)c1cccc(Cn2nc(-c3nc(-c4ccc(OC(F)(F)F)cc4)no3)nc2C)c1. The number of aromatic nitrogens is 5. The standard InChI is InChI=1S/C23H20F3N5O6S/c1-14-27-21(22-28-20(30-37-22)16-6-8-17(9-7-16)36-23(24,25)26)29-31(14)13-15-4-3-5-18(12-15)38(33,34)11-10-19(32)35-2/h3-9,12H,10-11,13H2,1-2H3. The Morgan fingerprint density at radius 2 is 1.82 bits per heavy atom. The van der Waals surface area contributed by atoms with Crippen molar-refractivity contribution < 1.29 is 40.4 Å². The lowest BCUT2D eigenvalue weighted by Gasteiger charge is -2.08. The molecule has 0 fully saturated rings. The van der Waals surface area contributed by atoms with E-state index in [1.807, 2.05) is 0 Å². The van der Waals surface area contributed by atoms with Crippen molar-refractivity contribution in [3.05, 3.63) is 59.9 Å². The molecule has 0 radical (unpaired) electrons. The maximum absolute atomic E-state index is 12.6. The van der Waals surface area contributed by atoms with Gasteiger partial charge in [0, 0.05) is 5.56 Å². The van der Waals surface area contributed by atoms with Gasteiger partial charge in [0.2, 0.25) is 11.6 Å². The second-order valence-corrected chi connectivity index (χ2v) is 10.0. The van der Waals surface area contributed by atoms with Crippen LogP contribution >= 0.6 is 0 Å². The number of halogens is 3. The van der Waals surface area contributed by atoms with Crippen LogP contribution < -0.4 is 4.74 Å². The Labute approximate surface area is 214 Å². The minimum Gasteiger partial charge on any atom is -0.469 e. The first-order valence-corrected chi connectivity index (χ1v) is 12.6. The van der Waals surface area contributed by atoms with Gasteiger partial charge in [-0.25, -0.2) is 18.1 Å². The Kier molecular flexibility index (Phi) is 7.48. The Hall–Kier alpha value is -4.27. The van der Waals surface area contributed by atoms with Crippen molar-refractivity contribution in [1.82, 2.24) is 24.9 Å². The van der Waals surface area contributed by atoms with Gasteiger partial charge in [-0.2, -0.15) is 4.98 Å². The fraction of sp³-hybridized carbons (Fsp3) is 0.261. The second kappa shape index (κ2) is 10.6. The van der Waals surface area contributed by atoms with Gasteiger partial charge in [0.25, 0.3) is 5.89 Å². The van der Waals surface area contributed by atoms with Gasteiger partial charge < -0.3 is 14.0 Å². The van der Waals surface area contributed by atoms with E-state index in [1.54, 1.807) is 19.1 Å². The summed E-state index contributed by atoms with van der Waals surface area (Å²) in [6.45, 7) is 1.87. The van der Waals surface area contributed by atoms with Crippen LogP contribution in [0.5, 0.6) is 5.75 Å². The Morgan fingerprint density at radius 3 is 2.50 bits per heavy atom. The topological polar surface area (TPSA) is 139 Å². The molecule has 4 aromatic rings. The van der Waals surface area contributed by atoms with Crippen LogP contribution in [0.25, 0.3) is 23.1 Å². The summed E-state index contributed by atoms with van der Waals surface area (Å²) < 4.78 is 77.3. The van der Waals surface area contributed by atoms with Crippen LogP contribution in [0.15, 0.2) is 57.9 Å². The number of esters is 1. The average Bonchev–Trinajstić information content (AvgIpc) is 3.49. The van der Waals surface area contributed by atoms with Gasteiger partial charge in [-0.15, -0.1) is 18.3 Å². The number of hydrogen-bond donors (Lipinski definition) is 0. The molecule has 0 atom stereocenters. The zero-order chi connectivity index (χ0) is 27.5. The minimum atomic E-state index is -4.80. The number of methoxy groups -OCH3 is 1. The van der Waals surface area contributed by atoms with E-state index in [1.165, 1.54) is 36.1 Å². The highest BCUT2D eigenvalue weighted by Gasteiger charge is 2.31. The molecule has 200 valence electrons. The first kappa shape index (κ1) is 26.8. The number of hydrogen-bond acceptors (Lipinski definition) is 10. The van der Waals surface area contributed by atoms with Crippen molar-refractivity contribution in [3.8, 4) is 28.9 Å². The summed E-state index contributed by atoms with van der Waals surface area (Å²) in [5.74, 6) is -0.706. The number of carbonyl (C=O) groups is 1. The van der Waals surface area contributed by atoms with E-state index in [4.69, 9.17) is 4.52 Å². The van der Waals surface area contributed by atoms with Crippen molar-refractivity contribution >= 4 is 15.8 Å². The maximum Gasteiger partial charge on any atom is 0.573 e. The highest BCUT2D eigenvalue weighted by molar-refractivity contribution is 7.91. The summed E-state index contributed by atoms with van der Waals surface area (Å²) in [5.41, 5.74) is 1.01. The lowest BCUT2D eigenvalue weighted by Crippen LogP contribution is -2.16. The summed E-state index contributed by atoms with van der Waals surface area (Å²) in [7, 11) is -2.52. The molecular weight excluding hydrogens is 531 g/mol. The molecule has 0 spiro atoms. The largest absolute Gasteiger partial charge is 0.573 e. The third-order valence-electron chi connectivity index (χ3n) is 5.21. The van der Waals surface area contributed by atoms with Gasteiger partial charge in [-0.05, 0) is 48.9 Å². The van der Waals surface area contributed by atoms with E-state index < -0.39 is 22.2 Å². The van der Waals surface area contributed by atoms with Crippen LogP contribution in [-0.2, 0) is 25.9 Å². The summed E-state index contributed by atoms with van der Waals surface area (Å²) in [6, 6.07) is 11.2. The molecule has 0 bridgehead atoms. The Balaban J connectivity index is 1.49. The highest BCUT2D eigenvalue weighted by atomic mass is 32.2. The molecule has 2 aromatic heterocycles. The number of rotatable bonds is 9. The van der Waals surface area contributed by atoms with E-state index in [2.05, 4.69) is 29.7 Å². The number of nitrogens with zero attached hydrogens (tertiary/aromatic N) is 5. The molecule has 0 aliphatic heterocycles. The van der Waals surface area contributed by atoms with Crippen molar-refractivity contribution in [2.75, 3.05) is 12.9 Å². The molecule has 2 heterocycles. The van der Waals surface area contributed by atoms with E-state index in [-0.39, 0.29) is 46.9 Å². The Morgan fingerprint density at radius 1 is 1.08 bits per heavy atom. The molecule has 0 saturated heterocycles. The molecule has 2 aromatic carbocycles. The predicted molar refractivity (Wildman–Crippen MR) is 124 cm³/mol. The molecule has 0 aliphatic rings. The first-order chi connectivity index (χ1) is 17.9. The van der Waals surface area contributed by atoms with Crippen LogP contribution in [0.2, 0.25) is 0 Å². The lowest BCUT2D eigenvalue weighted by atomic mass is 10.2. The van der Waals surface area contributed by atoms with Crippen molar-refractivity contribution in [2.45, 2.75) is 31.1 Å². The molecule has 15 heteroatoms. The summed E-state index contributed by atoms with van der Waals surface area (Å²) >= 11 is 0. The van der Waals surface area contributed by atoms with Gasteiger partial charge >= 0.3 is 12.3 Å². The quantitative estimate of drug-likeness (QED) is 0.284. The highest BCUT2D eigenvalue weighted by Crippen LogP contribution is 2.26. The molecule has 0 amide bonds. The van der Waals surface area contributed by atoms with Gasteiger partial charge in [0.15, 0.2) is 9.84 Å². The molecule has 0 aliphatic carbocycles. The summed E-state index contributed by atoms with van der Waals surface area (Å²) in [5, 5.41) is 8.18. The van der Waals surface area contributed by atoms with Crippen molar-refractivity contribution in [1.29, 1.82) is 0 Å². The third kappa shape index (κ3) is 6.53. The molecule has 0 saturated carbocycles.